The van der Waals surface area contributed by atoms with Crippen molar-refractivity contribution in [3.05, 3.63) is 39.9 Å². The number of hydrogen-bond acceptors (Lipinski definition) is 3. The van der Waals surface area contributed by atoms with Gasteiger partial charge in [-0.1, -0.05) is 22.0 Å². The normalized spacial score (nSPS) is 10.4. The van der Waals surface area contributed by atoms with Gasteiger partial charge < -0.3 is 9.84 Å². The van der Waals surface area contributed by atoms with Gasteiger partial charge in [-0.2, -0.15) is 0 Å². The van der Waals surface area contributed by atoms with Crippen LogP contribution < -0.4 is 0 Å². The van der Waals surface area contributed by atoms with Crippen molar-refractivity contribution in [1.29, 1.82) is 0 Å². The third-order valence-corrected chi connectivity index (χ3v) is 2.53. The van der Waals surface area contributed by atoms with E-state index in [0.29, 0.717) is 10.0 Å². The Balaban J connectivity index is 2.95. The van der Waals surface area contributed by atoms with E-state index in [2.05, 4.69) is 20.7 Å². The van der Waals surface area contributed by atoms with Crippen molar-refractivity contribution in [1.82, 2.24) is 0 Å². The van der Waals surface area contributed by atoms with Gasteiger partial charge in [-0.05, 0) is 23.8 Å². The Hall–Kier alpha value is -1.62. The van der Waals surface area contributed by atoms with Crippen LogP contribution in [-0.4, -0.2) is 24.2 Å². The first-order valence-corrected chi connectivity index (χ1v) is 5.12. The van der Waals surface area contributed by atoms with Gasteiger partial charge >= 0.3 is 11.9 Å². The van der Waals surface area contributed by atoms with Gasteiger partial charge in [0.25, 0.3) is 0 Å². The molecule has 5 heteroatoms. The van der Waals surface area contributed by atoms with E-state index in [-0.39, 0.29) is 5.56 Å². The van der Waals surface area contributed by atoms with E-state index in [1.165, 1.54) is 25.3 Å². The molecule has 0 heterocycles. The summed E-state index contributed by atoms with van der Waals surface area (Å²) in [5, 5.41) is 8.74. The fourth-order valence-electron chi connectivity index (χ4n) is 1.02. The molecule has 1 N–H and O–H groups in total. The number of carboxylic acid groups (broad SMARTS) is 1. The number of benzene rings is 1. The van der Waals surface area contributed by atoms with Crippen LogP contribution in [0, 0.1) is 0 Å². The predicted octanol–water partition coefficient (Wildman–Crippen LogP) is 2.33. The zero-order valence-electron chi connectivity index (χ0n) is 8.44. The SMILES string of the molecule is COC(=O)C=Cc1ccc(C(=O)O)cc1Br. The highest BCUT2D eigenvalue weighted by atomic mass is 79.9. The Morgan fingerprint density at radius 3 is 2.62 bits per heavy atom. The smallest absolute Gasteiger partial charge is 0.335 e. The quantitative estimate of drug-likeness (QED) is 0.684. The van der Waals surface area contributed by atoms with E-state index >= 15 is 0 Å². The summed E-state index contributed by atoms with van der Waals surface area (Å²) in [6.07, 6.45) is 2.81. The Kier molecular flexibility index (Phi) is 4.25. The number of rotatable bonds is 3. The van der Waals surface area contributed by atoms with Crippen LogP contribution in [0.4, 0.5) is 0 Å². The fraction of sp³-hybridized carbons (Fsp3) is 0.0909. The highest BCUT2D eigenvalue weighted by molar-refractivity contribution is 9.10. The Labute approximate surface area is 101 Å². The molecule has 0 saturated carbocycles. The van der Waals surface area contributed by atoms with Crippen molar-refractivity contribution in [3.8, 4) is 0 Å². The number of esters is 1. The maximum absolute atomic E-state index is 10.9. The lowest BCUT2D eigenvalue weighted by Gasteiger charge is -2.00. The molecular weight excluding hydrogens is 276 g/mol. The molecule has 16 heavy (non-hydrogen) atoms. The first-order valence-electron chi connectivity index (χ1n) is 4.33. The molecule has 0 fully saturated rings. The summed E-state index contributed by atoms with van der Waals surface area (Å²) in [6, 6.07) is 4.54. The third kappa shape index (κ3) is 3.20. The minimum atomic E-state index is -0.996. The highest BCUT2D eigenvalue weighted by Gasteiger charge is 2.05. The average Bonchev–Trinajstić information content (AvgIpc) is 2.26. The Bertz CT molecular complexity index is 451. The first-order chi connectivity index (χ1) is 7.54. The van der Waals surface area contributed by atoms with Gasteiger partial charge in [-0.15, -0.1) is 0 Å². The van der Waals surface area contributed by atoms with Crippen LogP contribution in [0.2, 0.25) is 0 Å². The molecule has 1 aromatic rings. The molecule has 0 saturated heterocycles. The largest absolute Gasteiger partial charge is 0.478 e. The zero-order valence-corrected chi connectivity index (χ0v) is 10.0. The molecule has 0 spiro atoms. The van der Waals surface area contributed by atoms with Crippen LogP contribution in [-0.2, 0) is 9.53 Å². The van der Waals surface area contributed by atoms with Gasteiger partial charge in [0, 0.05) is 10.5 Å². The fourth-order valence-corrected chi connectivity index (χ4v) is 1.53. The zero-order chi connectivity index (χ0) is 12.1. The maximum Gasteiger partial charge on any atom is 0.335 e. The molecule has 1 rings (SSSR count). The van der Waals surface area contributed by atoms with Crippen LogP contribution in [0.15, 0.2) is 28.7 Å². The topological polar surface area (TPSA) is 63.6 Å². The first kappa shape index (κ1) is 12.4. The minimum Gasteiger partial charge on any atom is -0.478 e. The lowest BCUT2D eigenvalue weighted by Crippen LogP contribution is -1.96. The minimum absolute atomic E-state index is 0.182. The van der Waals surface area contributed by atoms with Gasteiger partial charge in [0.2, 0.25) is 0 Å². The van der Waals surface area contributed by atoms with Crippen molar-refractivity contribution in [3.63, 3.8) is 0 Å². The number of carbonyl (C=O) groups excluding carboxylic acids is 1. The van der Waals surface area contributed by atoms with E-state index in [1.807, 2.05) is 0 Å². The lowest BCUT2D eigenvalue weighted by atomic mass is 10.1. The second kappa shape index (κ2) is 5.46. The van der Waals surface area contributed by atoms with E-state index in [1.54, 1.807) is 12.1 Å². The molecule has 1 aromatic carbocycles. The summed E-state index contributed by atoms with van der Waals surface area (Å²) in [6.45, 7) is 0. The molecule has 0 unspecified atom stereocenters. The van der Waals surface area contributed by atoms with Crippen LogP contribution in [0.1, 0.15) is 15.9 Å². The number of carbonyl (C=O) groups is 2. The van der Waals surface area contributed by atoms with Crippen LogP contribution >= 0.6 is 15.9 Å². The molecule has 0 amide bonds. The molecule has 0 aliphatic carbocycles. The molecule has 0 atom stereocenters. The van der Waals surface area contributed by atoms with Gasteiger partial charge in [-0.25, -0.2) is 9.59 Å². The number of methoxy groups -OCH3 is 1. The summed E-state index contributed by atoms with van der Waals surface area (Å²) >= 11 is 3.22. The summed E-state index contributed by atoms with van der Waals surface area (Å²) < 4.78 is 5.04. The Morgan fingerprint density at radius 2 is 2.12 bits per heavy atom. The number of halogens is 1. The monoisotopic (exact) mass is 284 g/mol. The lowest BCUT2D eigenvalue weighted by molar-refractivity contribution is -0.134. The maximum atomic E-state index is 10.9. The van der Waals surface area contributed by atoms with E-state index in [0.717, 1.165) is 0 Å². The number of ether oxygens (including phenoxy) is 1. The molecule has 0 bridgehead atoms. The van der Waals surface area contributed by atoms with Crippen LogP contribution in [0.25, 0.3) is 6.08 Å². The molecule has 4 nitrogen and oxygen atoms in total. The van der Waals surface area contributed by atoms with E-state index in [4.69, 9.17) is 5.11 Å². The summed E-state index contributed by atoms with van der Waals surface area (Å²) in [4.78, 5) is 21.5. The standard InChI is InChI=1S/C11H9BrO4/c1-16-10(13)5-4-7-2-3-8(11(14)15)6-9(7)12/h2-6H,1H3,(H,14,15). The van der Waals surface area contributed by atoms with Gasteiger partial charge in [-0.3, -0.25) is 0 Å². The van der Waals surface area contributed by atoms with Crippen molar-refractivity contribution in [2.75, 3.05) is 7.11 Å². The van der Waals surface area contributed by atoms with Crippen molar-refractivity contribution in [2.24, 2.45) is 0 Å². The molecule has 84 valence electrons. The van der Waals surface area contributed by atoms with Crippen LogP contribution in [0.3, 0.4) is 0 Å². The second-order valence-corrected chi connectivity index (χ2v) is 3.75. The molecule has 0 aliphatic rings. The summed E-state index contributed by atoms with van der Waals surface area (Å²) in [5.41, 5.74) is 0.887. The highest BCUT2D eigenvalue weighted by Crippen LogP contribution is 2.20. The van der Waals surface area contributed by atoms with Gasteiger partial charge in [0.05, 0.1) is 12.7 Å². The van der Waals surface area contributed by atoms with Crippen molar-refractivity contribution < 1.29 is 19.4 Å². The predicted molar refractivity (Wildman–Crippen MR) is 62.2 cm³/mol. The van der Waals surface area contributed by atoms with Gasteiger partial charge in [0.1, 0.15) is 0 Å². The van der Waals surface area contributed by atoms with Crippen LogP contribution in [0.5, 0.6) is 0 Å². The second-order valence-electron chi connectivity index (χ2n) is 2.90. The molecule has 0 aromatic heterocycles. The van der Waals surface area contributed by atoms with Gasteiger partial charge in [0.15, 0.2) is 0 Å². The number of carboxylic acids is 1. The molecule has 0 radical (unpaired) electrons. The number of hydrogen-bond donors (Lipinski definition) is 1. The third-order valence-electron chi connectivity index (χ3n) is 1.85. The number of aromatic carboxylic acids is 1. The summed E-state index contributed by atoms with van der Waals surface area (Å²) in [7, 11) is 1.29. The summed E-state index contributed by atoms with van der Waals surface area (Å²) in [5.74, 6) is -1.46. The Morgan fingerprint density at radius 1 is 1.44 bits per heavy atom. The van der Waals surface area contributed by atoms with Crippen molar-refractivity contribution >= 4 is 33.9 Å². The van der Waals surface area contributed by atoms with Crippen molar-refractivity contribution in [2.45, 2.75) is 0 Å². The molecular formula is C11H9BrO4. The molecule has 0 aliphatic heterocycles. The average molecular weight is 285 g/mol. The van der Waals surface area contributed by atoms with E-state index < -0.39 is 11.9 Å². The van der Waals surface area contributed by atoms with E-state index in [9.17, 15) is 9.59 Å².